The van der Waals surface area contributed by atoms with Gasteiger partial charge in [0.05, 0.1) is 12.8 Å². The first-order valence-electron chi connectivity index (χ1n) is 6.19. The van der Waals surface area contributed by atoms with Crippen LogP contribution in [0.5, 0.6) is 0 Å². The summed E-state index contributed by atoms with van der Waals surface area (Å²) in [4.78, 5) is 33.5. The molecule has 1 unspecified atom stereocenters. The molecule has 0 radical (unpaired) electrons. The van der Waals surface area contributed by atoms with Crippen molar-refractivity contribution in [3.05, 3.63) is 0 Å². The van der Waals surface area contributed by atoms with E-state index in [0.717, 1.165) is 0 Å². The molecule has 0 aromatic carbocycles. The molecule has 9 nitrogen and oxygen atoms in total. The summed E-state index contributed by atoms with van der Waals surface area (Å²) in [5.74, 6) is -3.34. The number of hydrogen-bond donors (Lipinski definition) is 5. The van der Waals surface area contributed by atoms with Gasteiger partial charge in [0, 0.05) is 32.7 Å². The van der Waals surface area contributed by atoms with E-state index < -0.39 is 30.4 Å². The van der Waals surface area contributed by atoms with Crippen molar-refractivity contribution in [2.45, 2.75) is 18.9 Å². The van der Waals surface area contributed by atoms with Gasteiger partial charge in [-0.2, -0.15) is 0 Å². The van der Waals surface area contributed by atoms with E-state index >= 15 is 0 Å². The van der Waals surface area contributed by atoms with Gasteiger partial charge < -0.3 is 26.4 Å². The second-order valence-electron chi connectivity index (χ2n) is 4.17. The molecule has 0 aromatic heterocycles. The standard InChI is InChI=1S/C11H21N3O6/c12-2-5-14(6-4-13-3-1-9(15)16)8(11(19)20)7-10(17)18/h8,13H,1-7,12H2,(H,15,16)(H,17,18)(H,19,20). The summed E-state index contributed by atoms with van der Waals surface area (Å²) in [7, 11) is 0. The predicted molar refractivity (Wildman–Crippen MR) is 69.4 cm³/mol. The molecule has 116 valence electrons. The lowest BCUT2D eigenvalue weighted by atomic mass is 10.1. The second kappa shape index (κ2) is 10.1. The fourth-order valence-corrected chi connectivity index (χ4v) is 1.67. The zero-order valence-corrected chi connectivity index (χ0v) is 11.1. The minimum Gasteiger partial charge on any atom is -0.481 e. The summed E-state index contributed by atoms with van der Waals surface area (Å²) in [6.07, 6.45) is -0.543. The fourth-order valence-electron chi connectivity index (χ4n) is 1.67. The lowest BCUT2D eigenvalue weighted by molar-refractivity contribution is -0.149. The van der Waals surface area contributed by atoms with Crippen LogP contribution in [0, 0.1) is 0 Å². The first kappa shape index (κ1) is 18.3. The molecule has 0 bridgehead atoms. The van der Waals surface area contributed by atoms with Crippen LogP contribution in [-0.4, -0.2) is 76.9 Å². The highest BCUT2D eigenvalue weighted by molar-refractivity contribution is 5.80. The average Bonchev–Trinajstić information content (AvgIpc) is 2.33. The van der Waals surface area contributed by atoms with Crippen molar-refractivity contribution in [1.82, 2.24) is 10.2 Å². The van der Waals surface area contributed by atoms with Crippen molar-refractivity contribution in [1.29, 1.82) is 0 Å². The Bertz CT molecular complexity index is 336. The summed E-state index contributed by atoms with van der Waals surface area (Å²) in [5, 5.41) is 29.1. The van der Waals surface area contributed by atoms with Crippen LogP contribution in [0.1, 0.15) is 12.8 Å². The van der Waals surface area contributed by atoms with Gasteiger partial charge in [0.1, 0.15) is 6.04 Å². The van der Waals surface area contributed by atoms with Gasteiger partial charge in [0.2, 0.25) is 0 Å². The SMILES string of the molecule is NCCN(CCNCCC(=O)O)C(CC(=O)O)C(=O)O. The molecule has 0 rings (SSSR count). The summed E-state index contributed by atoms with van der Waals surface area (Å²) in [6, 6.07) is -1.14. The molecule has 0 aliphatic carbocycles. The lowest BCUT2D eigenvalue weighted by Crippen LogP contribution is -2.47. The minimum absolute atomic E-state index is 0.0334. The highest BCUT2D eigenvalue weighted by Gasteiger charge is 2.27. The number of aliphatic carboxylic acids is 3. The van der Waals surface area contributed by atoms with Crippen LogP contribution in [-0.2, 0) is 14.4 Å². The maximum Gasteiger partial charge on any atom is 0.321 e. The Morgan fingerprint density at radius 2 is 1.70 bits per heavy atom. The van der Waals surface area contributed by atoms with Crippen molar-refractivity contribution in [2.75, 3.05) is 32.7 Å². The quantitative estimate of drug-likeness (QED) is 0.263. The molecule has 6 N–H and O–H groups in total. The molecule has 1 atom stereocenters. The van der Waals surface area contributed by atoms with Gasteiger partial charge >= 0.3 is 17.9 Å². The Hall–Kier alpha value is -1.71. The molecule has 0 amide bonds. The molecular formula is C11H21N3O6. The molecule has 0 saturated carbocycles. The van der Waals surface area contributed by atoms with E-state index in [4.69, 9.17) is 21.1 Å². The monoisotopic (exact) mass is 291 g/mol. The summed E-state index contributed by atoms with van der Waals surface area (Å²) in [6.45, 7) is 1.36. The number of carbonyl (C=O) groups is 3. The molecule has 0 spiro atoms. The van der Waals surface area contributed by atoms with Gasteiger partial charge in [-0.25, -0.2) is 0 Å². The van der Waals surface area contributed by atoms with Crippen molar-refractivity contribution < 1.29 is 29.7 Å². The molecule has 0 aliphatic rings. The Morgan fingerprint density at radius 3 is 2.15 bits per heavy atom. The molecule has 9 heteroatoms. The topological polar surface area (TPSA) is 153 Å². The molecule has 0 aromatic rings. The highest BCUT2D eigenvalue weighted by atomic mass is 16.4. The zero-order valence-electron chi connectivity index (χ0n) is 11.1. The normalized spacial score (nSPS) is 12.3. The van der Waals surface area contributed by atoms with Gasteiger partial charge in [-0.1, -0.05) is 0 Å². The van der Waals surface area contributed by atoms with Crippen molar-refractivity contribution in [2.24, 2.45) is 5.73 Å². The maximum absolute atomic E-state index is 11.1. The van der Waals surface area contributed by atoms with E-state index in [1.807, 2.05) is 0 Å². The summed E-state index contributed by atoms with van der Waals surface area (Å²) in [5.41, 5.74) is 5.39. The first-order chi connectivity index (χ1) is 9.38. The molecular weight excluding hydrogens is 270 g/mol. The van der Waals surface area contributed by atoms with E-state index in [1.54, 1.807) is 0 Å². The Balaban J connectivity index is 4.32. The third-order valence-electron chi connectivity index (χ3n) is 2.60. The Morgan fingerprint density at radius 1 is 1.05 bits per heavy atom. The van der Waals surface area contributed by atoms with Gasteiger partial charge in [0.15, 0.2) is 0 Å². The van der Waals surface area contributed by atoms with Gasteiger partial charge in [-0.3, -0.25) is 19.3 Å². The third kappa shape index (κ3) is 8.40. The third-order valence-corrected chi connectivity index (χ3v) is 2.60. The number of nitrogens with two attached hydrogens (primary N) is 1. The predicted octanol–water partition coefficient (Wildman–Crippen LogP) is -1.76. The van der Waals surface area contributed by atoms with Crippen LogP contribution in [0.15, 0.2) is 0 Å². The molecule has 0 aliphatic heterocycles. The van der Waals surface area contributed by atoms with Crippen LogP contribution >= 0.6 is 0 Å². The van der Waals surface area contributed by atoms with Crippen LogP contribution in [0.3, 0.4) is 0 Å². The molecule has 20 heavy (non-hydrogen) atoms. The van der Waals surface area contributed by atoms with Crippen LogP contribution in [0.25, 0.3) is 0 Å². The number of rotatable bonds is 12. The number of carboxylic acids is 3. The Kier molecular flexibility index (Phi) is 9.26. The molecule has 0 heterocycles. The number of carboxylic acid groups (broad SMARTS) is 3. The van der Waals surface area contributed by atoms with Crippen LogP contribution < -0.4 is 11.1 Å². The minimum atomic E-state index is -1.22. The van der Waals surface area contributed by atoms with Crippen LogP contribution in [0.4, 0.5) is 0 Å². The number of nitrogens with zero attached hydrogens (tertiary/aromatic N) is 1. The Labute approximate surface area is 116 Å². The average molecular weight is 291 g/mol. The summed E-state index contributed by atoms with van der Waals surface area (Å²) >= 11 is 0. The lowest BCUT2D eigenvalue weighted by Gasteiger charge is -2.27. The van der Waals surface area contributed by atoms with Gasteiger partial charge in [0.25, 0.3) is 0 Å². The summed E-state index contributed by atoms with van der Waals surface area (Å²) < 4.78 is 0. The van der Waals surface area contributed by atoms with E-state index in [0.29, 0.717) is 6.54 Å². The second-order valence-corrected chi connectivity index (χ2v) is 4.17. The smallest absolute Gasteiger partial charge is 0.321 e. The molecule has 0 fully saturated rings. The van der Waals surface area contributed by atoms with Gasteiger partial charge in [-0.15, -0.1) is 0 Å². The zero-order chi connectivity index (χ0) is 15.5. The fraction of sp³-hybridized carbons (Fsp3) is 0.727. The number of hydrogen-bond acceptors (Lipinski definition) is 6. The van der Waals surface area contributed by atoms with E-state index in [9.17, 15) is 14.4 Å². The van der Waals surface area contributed by atoms with Crippen molar-refractivity contribution in [3.8, 4) is 0 Å². The molecule has 0 saturated heterocycles. The van der Waals surface area contributed by atoms with Gasteiger partial charge in [-0.05, 0) is 0 Å². The highest BCUT2D eigenvalue weighted by Crippen LogP contribution is 2.04. The maximum atomic E-state index is 11.1. The van der Waals surface area contributed by atoms with E-state index in [-0.39, 0.29) is 32.6 Å². The van der Waals surface area contributed by atoms with E-state index in [2.05, 4.69) is 5.32 Å². The largest absolute Gasteiger partial charge is 0.481 e. The van der Waals surface area contributed by atoms with Crippen molar-refractivity contribution >= 4 is 17.9 Å². The van der Waals surface area contributed by atoms with Crippen molar-refractivity contribution in [3.63, 3.8) is 0 Å². The van der Waals surface area contributed by atoms with Crippen LogP contribution in [0.2, 0.25) is 0 Å². The first-order valence-corrected chi connectivity index (χ1v) is 6.19. The van der Waals surface area contributed by atoms with E-state index in [1.165, 1.54) is 4.90 Å². The number of nitrogens with one attached hydrogen (secondary N) is 1.